The number of carbonyl (C=O) groups excluding carboxylic acids is 1. The molecule has 0 N–H and O–H groups in total. The SMILES string of the molecule is O=CC1CCC2CCCC=C2C1. The minimum atomic E-state index is 0.339. The molecule has 0 aromatic rings. The lowest BCUT2D eigenvalue weighted by Gasteiger charge is -2.31. The summed E-state index contributed by atoms with van der Waals surface area (Å²) < 4.78 is 0. The van der Waals surface area contributed by atoms with Crippen LogP contribution in [0, 0.1) is 11.8 Å². The maximum Gasteiger partial charge on any atom is 0.123 e. The summed E-state index contributed by atoms with van der Waals surface area (Å²) in [6, 6.07) is 0. The van der Waals surface area contributed by atoms with E-state index in [1.165, 1.54) is 25.7 Å². The van der Waals surface area contributed by atoms with Gasteiger partial charge in [-0.15, -0.1) is 0 Å². The van der Waals surface area contributed by atoms with E-state index in [0.29, 0.717) is 5.92 Å². The highest BCUT2D eigenvalue weighted by Crippen LogP contribution is 2.38. The molecule has 0 saturated heterocycles. The molecule has 0 aliphatic heterocycles. The first-order chi connectivity index (χ1) is 5.90. The zero-order valence-electron chi connectivity index (χ0n) is 7.46. The summed E-state index contributed by atoms with van der Waals surface area (Å²) in [6.07, 6.45) is 11.0. The first-order valence-electron chi connectivity index (χ1n) is 5.04. The van der Waals surface area contributed by atoms with Crippen LogP contribution in [0.5, 0.6) is 0 Å². The number of fused-ring (bicyclic) bond motifs is 1. The van der Waals surface area contributed by atoms with Crippen LogP contribution in [-0.2, 0) is 4.79 Å². The Balaban J connectivity index is 2.06. The van der Waals surface area contributed by atoms with E-state index >= 15 is 0 Å². The largest absolute Gasteiger partial charge is 0.303 e. The molecule has 0 bridgehead atoms. The first kappa shape index (κ1) is 8.03. The second kappa shape index (κ2) is 3.42. The third-order valence-electron chi connectivity index (χ3n) is 3.26. The molecular formula is C11H16O. The molecule has 2 aliphatic carbocycles. The van der Waals surface area contributed by atoms with Gasteiger partial charge in [0.15, 0.2) is 0 Å². The van der Waals surface area contributed by atoms with E-state index in [1.54, 1.807) is 5.57 Å². The van der Waals surface area contributed by atoms with Crippen molar-refractivity contribution in [3.63, 3.8) is 0 Å². The van der Waals surface area contributed by atoms with Crippen molar-refractivity contribution in [2.24, 2.45) is 11.8 Å². The molecule has 0 radical (unpaired) electrons. The highest BCUT2D eigenvalue weighted by atomic mass is 16.1. The third kappa shape index (κ3) is 1.45. The maximum atomic E-state index is 10.6. The van der Waals surface area contributed by atoms with Gasteiger partial charge in [0.1, 0.15) is 6.29 Å². The third-order valence-corrected chi connectivity index (χ3v) is 3.26. The molecule has 1 fully saturated rings. The van der Waals surface area contributed by atoms with Crippen LogP contribution in [0.2, 0.25) is 0 Å². The fraction of sp³-hybridized carbons (Fsp3) is 0.727. The van der Waals surface area contributed by atoms with Gasteiger partial charge in [0.25, 0.3) is 0 Å². The van der Waals surface area contributed by atoms with E-state index < -0.39 is 0 Å². The fourth-order valence-corrected chi connectivity index (χ4v) is 2.52. The van der Waals surface area contributed by atoms with Crippen LogP contribution in [0.1, 0.15) is 38.5 Å². The summed E-state index contributed by atoms with van der Waals surface area (Å²) in [7, 11) is 0. The van der Waals surface area contributed by atoms with E-state index in [4.69, 9.17) is 0 Å². The Morgan fingerprint density at radius 3 is 3.08 bits per heavy atom. The minimum absolute atomic E-state index is 0.339. The van der Waals surface area contributed by atoms with Gasteiger partial charge in [0.05, 0.1) is 0 Å². The summed E-state index contributed by atoms with van der Waals surface area (Å²) in [4.78, 5) is 10.6. The Bertz CT molecular complexity index is 205. The van der Waals surface area contributed by atoms with Crippen LogP contribution in [0.15, 0.2) is 11.6 Å². The van der Waals surface area contributed by atoms with Crippen LogP contribution in [0.4, 0.5) is 0 Å². The molecule has 66 valence electrons. The number of allylic oxidation sites excluding steroid dienone is 2. The molecule has 2 aliphatic rings. The van der Waals surface area contributed by atoms with Gasteiger partial charge in [-0.1, -0.05) is 11.6 Å². The number of aldehydes is 1. The van der Waals surface area contributed by atoms with Gasteiger partial charge in [0, 0.05) is 5.92 Å². The Kier molecular flexibility index (Phi) is 2.29. The lowest BCUT2D eigenvalue weighted by Crippen LogP contribution is -2.20. The molecule has 2 unspecified atom stereocenters. The summed E-state index contributed by atoms with van der Waals surface area (Å²) in [5, 5.41) is 0. The van der Waals surface area contributed by atoms with Crippen LogP contribution in [0.25, 0.3) is 0 Å². The summed E-state index contributed by atoms with van der Waals surface area (Å²) in [5.74, 6) is 1.18. The van der Waals surface area contributed by atoms with Crippen molar-refractivity contribution in [1.29, 1.82) is 0 Å². The molecule has 1 heteroatoms. The lowest BCUT2D eigenvalue weighted by atomic mass is 9.74. The summed E-state index contributed by atoms with van der Waals surface area (Å²) in [6.45, 7) is 0. The van der Waals surface area contributed by atoms with Crippen LogP contribution < -0.4 is 0 Å². The predicted octanol–water partition coefficient (Wildman–Crippen LogP) is 2.71. The molecule has 0 aromatic carbocycles. The predicted molar refractivity (Wildman–Crippen MR) is 48.8 cm³/mol. The van der Waals surface area contributed by atoms with Crippen molar-refractivity contribution in [1.82, 2.24) is 0 Å². The van der Waals surface area contributed by atoms with Crippen LogP contribution in [-0.4, -0.2) is 6.29 Å². The van der Waals surface area contributed by atoms with Gasteiger partial charge < -0.3 is 4.79 Å². The molecule has 12 heavy (non-hydrogen) atoms. The zero-order chi connectivity index (χ0) is 8.39. The fourth-order valence-electron chi connectivity index (χ4n) is 2.52. The summed E-state index contributed by atoms with van der Waals surface area (Å²) in [5.41, 5.74) is 1.59. The summed E-state index contributed by atoms with van der Waals surface area (Å²) >= 11 is 0. The van der Waals surface area contributed by atoms with Crippen LogP contribution in [0.3, 0.4) is 0 Å². The highest BCUT2D eigenvalue weighted by Gasteiger charge is 2.26. The van der Waals surface area contributed by atoms with Crippen molar-refractivity contribution < 1.29 is 4.79 Å². The smallest absolute Gasteiger partial charge is 0.123 e. The molecule has 2 atom stereocenters. The monoisotopic (exact) mass is 164 g/mol. The number of carbonyl (C=O) groups is 1. The minimum Gasteiger partial charge on any atom is -0.303 e. The second-order valence-corrected chi connectivity index (χ2v) is 4.08. The van der Waals surface area contributed by atoms with Crippen LogP contribution >= 0.6 is 0 Å². The van der Waals surface area contributed by atoms with Gasteiger partial charge in [-0.25, -0.2) is 0 Å². The quantitative estimate of drug-likeness (QED) is 0.430. The van der Waals surface area contributed by atoms with Crippen molar-refractivity contribution in [3.8, 4) is 0 Å². The molecule has 0 heterocycles. The Morgan fingerprint density at radius 1 is 1.33 bits per heavy atom. The van der Waals surface area contributed by atoms with E-state index in [0.717, 1.165) is 25.0 Å². The second-order valence-electron chi connectivity index (χ2n) is 4.08. The molecule has 0 spiro atoms. The van der Waals surface area contributed by atoms with Gasteiger partial charge in [-0.3, -0.25) is 0 Å². The Morgan fingerprint density at radius 2 is 2.25 bits per heavy atom. The van der Waals surface area contributed by atoms with E-state index in [9.17, 15) is 4.79 Å². The van der Waals surface area contributed by atoms with Crippen molar-refractivity contribution in [2.45, 2.75) is 38.5 Å². The average molecular weight is 164 g/mol. The first-order valence-corrected chi connectivity index (χ1v) is 5.04. The van der Waals surface area contributed by atoms with Gasteiger partial charge in [-0.2, -0.15) is 0 Å². The topological polar surface area (TPSA) is 17.1 Å². The van der Waals surface area contributed by atoms with E-state index in [2.05, 4.69) is 6.08 Å². The van der Waals surface area contributed by atoms with E-state index in [-0.39, 0.29) is 0 Å². The van der Waals surface area contributed by atoms with Crippen molar-refractivity contribution in [2.75, 3.05) is 0 Å². The Labute approximate surface area is 73.8 Å². The normalized spacial score (nSPS) is 35.2. The molecule has 1 saturated carbocycles. The molecular weight excluding hydrogens is 148 g/mol. The number of hydrogen-bond acceptors (Lipinski definition) is 1. The maximum absolute atomic E-state index is 10.6. The highest BCUT2D eigenvalue weighted by molar-refractivity contribution is 5.54. The molecule has 0 amide bonds. The van der Waals surface area contributed by atoms with Crippen molar-refractivity contribution >= 4 is 6.29 Å². The van der Waals surface area contributed by atoms with E-state index in [1.807, 2.05) is 0 Å². The van der Waals surface area contributed by atoms with Crippen molar-refractivity contribution in [3.05, 3.63) is 11.6 Å². The van der Waals surface area contributed by atoms with Gasteiger partial charge in [0.2, 0.25) is 0 Å². The molecule has 0 aromatic heterocycles. The molecule has 1 nitrogen and oxygen atoms in total. The van der Waals surface area contributed by atoms with Gasteiger partial charge in [-0.05, 0) is 44.4 Å². The standard InChI is InChI=1S/C11H16O/c12-8-9-5-6-10-3-1-2-4-11(10)7-9/h4,8-10H,1-3,5-7H2. The zero-order valence-corrected chi connectivity index (χ0v) is 7.46. The Hall–Kier alpha value is -0.590. The number of hydrogen-bond donors (Lipinski definition) is 0. The average Bonchev–Trinajstić information content (AvgIpc) is 2.17. The lowest BCUT2D eigenvalue weighted by molar-refractivity contribution is -0.111. The van der Waals surface area contributed by atoms with Gasteiger partial charge >= 0.3 is 0 Å². The molecule has 2 rings (SSSR count). The number of rotatable bonds is 1.